The summed E-state index contributed by atoms with van der Waals surface area (Å²) < 4.78 is 0. The molecule has 1 aliphatic rings. The molecule has 0 aromatic carbocycles. The van der Waals surface area contributed by atoms with Gasteiger partial charge >= 0.3 is 6.03 Å². The van der Waals surface area contributed by atoms with Crippen LogP contribution in [0.1, 0.15) is 13.8 Å². The highest BCUT2D eigenvalue weighted by Crippen LogP contribution is 1.97. The highest BCUT2D eigenvalue weighted by Gasteiger charge is 2.27. The fraction of sp³-hybridized carbons (Fsp3) is 0.700. The molecule has 0 atom stereocenters. The van der Waals surface area contributed by atoms with Gasteiger partial charge in [0.15, 0.2) is 5.96 Å². The molecule has 0 spiro atoms. The molecule has 0 aliphatic carbocycles. The van der Waals surface area contributed by atoms with Gasteiger partial charge in [-0.3, -0.25) is 14.7 Å². The number of nitrogens with one attached hydrogen (secondary N) is 3. The summed E-state index contributed by atoms with van der Waals surface area (Å²) >= 11 is 0. The zero-order valence-corrected chi connectivity index (χ0v) is 10.2. The average molecular weight is 241 g/mol. The van der Waals surface area contributed by atoms with Crippen LogP contribution in [-0.4, -0.2) is 55.5 Å². The van der Waals surface area contributed by atoms with E-state index in [0.29, 0.717) is 19.0 Å². The first-order chi connectivity index (χ1) is 8.19. The van der Waals surface area contributed by atoms with Crippen molar-refractivity contribution in [2.45, 2.75) is 13.8 Å². The number of hydrogen-bond donors (Lipinski definition) is 3. The van der Waals surface area contributed by atoms with E-state index in [0.717, 1.165) is 13.1 Å². The summed E-state index contributed by atoms with van der Waals surface area (Å²) in [5, 5.41) is 8.60. The van der Waals surface area contributed by atoms with Crippen LogP contribution >= 0.6 is 0 Å². The molecule has 0 aromatic heterocycles. The number of rotatable bonds is 5. The third-order valence-corrected chi connectivity index (χ3v) is 2.22. The number of nitrogens with zero attached hydrogens (tertiary/aromatic N) is 2. The van der Waals surface area contributed by atoms with E-state index in [4.69, 9.17) is 0 Å². The summed E-state index contributed by atoms with van der Waals surface area (Å²) in [5.41, 5.74) is 0. The van der Waals surface area contributed by atoms with E-state index in [-0.39, 0.29) is 18.5 Å². The highest BCUT2D eigenvalue weighted by atomic mass is 16.2. The minimum Gasteiger partial charge on any atom is -0.357 e. The molecule has 7 nitrogen and oxygen atoms in total. The number of urea groups is 1. The van der Waals surface area contributed by atoms with Crippen molar-refractivity contribution in [1.82, 2.24) is 20.9 Å². The Kier molecular flexibility index (Phi) is 5.25. The summed E-state index contributed by atoms with van der Waals surface area (Å²) in [6, 6.07) is -0.335. The first-order valence-electron chi connectivity index (χ1n) is 5.79. The van der Waals surface area contributed by atoms with E-state index >= 15 is 0 Å². The Hall–Kier alpha value is -1.79. The van der Waals surface area contributed by atoms with E-state index < -0.39 is 0 Å². The van der Waals surface area contributed by atoms with Crippen LogP contribution in [0.4, 0.5) is 4.79 Å². The van der Waals surface area contributed by atoms with Crippen molar-refractivity contribution < 1.29 is 9.59 Å². The Balaban J connectivity index is 2.40. The van der Waals surface area contributed by atoms with Crippen LogP contribution in [0, 0.1) is 0 Å². The van der Waals surface area contributed by atoms with Crippen LogP contribution < -0.4 is 16.0 Å². The van der Waals surface area contributed by atoms with Gasteiger partial charge in [-0.05, 0) is 13.8 Å². The number of hydrogen-bond acceptors (Lipinski definition) is 3. The fourth-order valence-corrected chi connectivity index (χ4v) is 1.45. The van der Waals surface area contributed by atoms with Gasteiger partial charge in [0.05, 0.1) is 19.6 Å². The third kappa shape index (κ3) is 3.93. The van der Waals surface area contributed by atoms with E-state index in [1.165, 1.54) is 4.90 Å². The van der Waals surface area contributed by atoms with Crippen LogP contribution in [0.5, 0.6) is 0 Å². The van der Waals surface area contributed by atoms with Gasteiger partial charge in [-0.2, -0.15) is 0 Å². The first kappa shape index (κ1) is 13.3. The van der Waals surface area contributed by atoms with Crippen molar-refractivity contribution in [1.29, 1.82) is 0 Å². The summed E-state index contributed by atoms with van der Waals surface area (Å²) in [5.74, 6) is 0.501. The zero-order valence-electron chi connectivity index (χ0n) is 10.2. The van der Waals surface area contributed by atoms with Crippen molar-refractivity contribution in [2.24, 2.45) is 4.99 Å². The normalized spacial score (nSPS) is 14.6. The molecule has 3 N–H and O–H groups in total. The Labute approximate surface area is 101 Å². The molecule has 0 bridgehead atoms. The van der Waals surface area contributed by atoms with Crippen LogP contribution in [0.3, 0.4) is 0 Å². The Bertz CT molecular complexity index is 292. The minimum absolute atomic E-state index is 0.0931. The Morgan fingerprint density at radius 3 is 2.47 bits per heavy atom. The lowest BCUT2D eigenvalue weighted by atomic mass is 10.5. The lowest BCUT2D eigenvalue weighted by Gasteiger charge is -2.12. The number of amides is 3. The van der Waals surface area contributed by atoms with Crippen molar-refractivity contribution in [2.75, 3.05) is 32.7 Å². The molecule has 1 aliphatic heterocycles. The summed E-state index contributed by atoms with van der Waals surface area (Å²) in [6.45, 7) is 6.30. The van der Waals surface area contributed by atoms with Crippen LogP contribution in [0.2, 0.25) is 0 Å². The molecule has 1 heterocycles. The molecule has 1 saturated heterocycles. The SMILES string of the molecule is CCNC(=NCCN1C(=O)CNC1=O)NCC. The molecule has 1 rings (SSSR count). The third-order valence-electron chi connectivity index (χ3n) is 2.22. The summed E-state index contributed by atoms with van der Waals surface area (Å²) in [4.78, 5) is 27.9. The van der Waals surface area contributed by atoms with Gasteiger partial charge in [-0.15, -0.1) is 0 Å². The summed E-state index contributed by atoms with van der Waals surface area (Å²) in [6.07, 6.45) is 0. The number of carbonyl (C=O) groups is 2. The number of imide groups is 1. The van der Waals surface area contributed by atoms with Crippen molar-refractivity contribution in [3.8, 4) is 0 Å². The number of carbonyl (C=O) groups excluding carboxylic acids is 2. The smallest absolute Gasteiger partial charge is 0.324 e. The van der Waals surface area contributed by atoms with Crippen LogP contribution in [-0.2, 0) is 4.79 Å². The fourth-order valence-electron chi connectivity index (χ4n) is 1.45. The molecule has 3 amide bonds. The standard InChI is InChI=1S/C10H19N5O2/c1-3-11-9(12-4-2)13-5-6-15-8(16)7-14-10(15)17/h3-7H2,1-2H3,(H,14,17)(H2,11,12,13). The first-order valence-corrected chi connectivity index (χ1v) is 5.79. The largest absolute Gasteiger partial charge is 0.357 e. The van der Waals surface area contributed by atoms with Crippen LogP contribution in [0.25, 0.3) is 0 Å². The molecule has 96 valence electrons. The lowest BCUT2D eigenvalue weighted by molar-refractivity contribution is -0.124. The zero-order chi connectivity index (χ0) is 12.7. The average Bonchev–Trinajstić information content (AvgIpc) is 2.61. The molecule has 1 fully saturated rings. The second-order valence-electron chi connectivity index (χ2n) is 3.50. The second-order valence-corrected chi connectivity index (χ2v) is 3.50. The van der Waals surface area contributed by atoms with Gasteiger partial charge in [0, 0.05) is 13.1 Å². The summed E-state index contributed by atoms with van der Waals surface area (Å²) in [7, 11) is 0. The van der Waals surface area contributed by atoms with E-state index in [1.54, 1.807) is 0 Å². The number of guanidine groups is 1. The van der Waals surface area contributed by atoms with E-state index in [1.807, 2.05) is 13.8 Å². The molecule has 7 heteroatoms. The quantitative estimate of drug-likeness (QED) is 0.331. The molecule has 0 unspecified atom stereocenters. The van der Waals surface area contributed by atoms with Crippen molar-refractivity contribution in [3.63, 3.8) is 0 Å². The maximum absolute atomic E-state index is 11.3. The van der Waals surface area contributed by atoms with Crippen molar-refractivity contribution in [3.05, 3.63) is 0 Å². The van der Waals surface area contributed by atoms with Crippen LogP contribution in [0.15, 0.2) is 4.99 Å². The second kappa shape index (κ2) is 6.72. The molecular formula is C10H19N5O2. The van der Waals surface area contributed by atoms with Gasteiger partial charge in [0.25, 0.3) is 0 Å². The van der Waals surface area contributed by atoms with Gasteiger partial charge < -0.3 is 16.0 Å². The van der Waals surface area contributed by atoms with E-state index in [9.17, 15) is 9.59 Å². The topological polar surface area (TPSA) is 85.8 Å². The Morgan fingerprint density at radius 1 is 1.35 bits per heavy atom. The highest BCUT2D eigenvalue weighted by molar-refractivity contribution is 6.01. The maximum Gasteiger partial charge on any atom is 0.324 e. The molecule has 0 radical (unpaired) electrons. The van der Waals surface area contributed by atoms with Gasteiger partial charge in [0.1, 0.15) is 0 Å². The Morgan fingerprint density at radius 2 is 2.00 bits per heavy atom. The lowest BCUT2D eigenvalue weighted by Crippen LogP contribution is -2.38. The molecule has 17 heavy (non-hydrogen) atoms. The van der Waals surface area contributed by atoms with Gasteiger partial charge in [-0.25, -0.2) is 4.79 Å². The molecule has 0 saturated carbocycles. The maximum atomic E-state index is 11.3. The van der Waals surface area contributed by atoms with Crippen molar-refractivity contribution >= 4 is 17.9 Å². The minimum atomic E-state index is -0.335. The predicted molar refractivity (Wildman–Crippen MR) is 64.8 cm³/mol. The van der Waals surface area contributed by atoms with Gasteiger partial charge in [0.2, 0.25) is 5.91 Å². The van der Waals surface area contributed by atoms with Gasteiger partial charge in [-0.1, -0.05) is 0 Å². The molecule has 0 aromatic rings. The molecular weight excluding hydrogens is 222 g/mol. The van der Waals surface area contributed by atoms with E-state index in [2.05, 4.69) is 20.9 Å². The monoisotopic (exact) mass is 241 g/mol. The number of aliphatic imine (C=N–C) groups is 1. The predicted octanol–water partition coefficient (Wildman–Crippen LogP) is -0.887.